The van der Waals surface area contributed by atoms with E-state index in [4.69, 9.17) is 25.5 Å². The Kier molecular flexibility index (Phi) is 6.94. The molecule has 0 aliphatic carbocycles. The molecular formula is C28H26ClNO4. The van der Waals surface area contributed by atoms with Crippen molar-refractivity contribution in [3.8, 4) is 22.6 Å². The molecule has 0 saturated carbocycles. The molecule has 0 aliphatic rings. The van der Waals surface area contributed by atoms with Crippen LogP contribution < -0.4 is 14.8 Å². The Morgan fingerprint density at radius 1 is 1.12 bits per heavy atom. The second-order valence-electron chi connectivity index (χ2n) is 7.93. The SMILES string of the molecule is CCOc1cc2occ(-c3ccc(OC)cc3)c2cc1/C(C)=C/C(=O)Nc1cc(Cl)ccc1C. The van der Waals surface area contributed by atoms with E-state index in [1.165, 1.54) is 0 Å². The topological polar surface area (TPSA) is 60.7 Å². The summed E-state index contributed by atoms with van der Waals surface area (Å²) in [6.45, 7) is 6.22. The first-order valence-corrected chi connectivity index (χ1v) is 11.4. The molecule has 0 saturated heterocycles. The summed E-state index contributed by atoms with van der Waals surface area (Å²) >= 11 is 6.09. The molecule has 0 fully saturated rings. The number of allylic oxidation sites excluding steroid dienone is 1. The van der Waals surface area contributed by atoms with Gasteiger partial charge in [0.15, 0.2) is 0 Å². The molecule has 1 aromatic heterocycles. The van der Waals surface area contributed by atoms with Gasteiger partial charge >= 0.3 is 0 Å². The Morgan fingerprint density at radius 3 is 2.59 bits per heavy atom. The van der Waals surface area contributed by atoms with Crippen molar-refractivity contribution in [2.75, 3.05) is 19.0 Å². The summed E-state index contributed by atoms with van der Waals surface area (Å²) in [5, 5.41) is 4.41. The number of rotatable bonds is 7. The third-order valence-corrected chi connectivity index (χ3v) is 5.84. The Bertz CT molecular complexity index is 1370. The van der Waals surface area contributed by atoms with Crippen LogP contribution in [0.3, 0.4) is 0 Å². The van der Waals surface area contributed by atoms with Crippen molar-refractivity contribution in [3.63, 3.8) is 0 Å². The summed E-state index contributed by atoms with van der Waals surface area (Å²) in [4.78, 5) is 12.8. The summed E-state index contributed by atoms with van der Waals surface area (Å²) in [6, 6.07) is 17.1. The summed E-state index contributed by atoms with van der Waals surface area (Å²) < 4.78 is 17.0. The van der Waals surface area contributed by atoms with E-state index in [2.05, 4.69) is 5.32 Å². The van der Waals surface area contributed by atoms with E-state index in [-0.39, 0.29) is 5.91 Å². The maximum Gasteiger partial charge on any atom is 0.248 e. The largest absolute Gasteiger partial charge is 0.497 e. The van der Waals surface area contributed by atoms with Gasteiger partial charge in [0.05, 0.1) is 20.0 Å². The molecule has 0 bridgehead atoms. The van der Waals surface area contributed by atoms with Crippen LogP contribution in [0.5, 0.6) is 11.5 Å². The Hall–Kier alpha value is -3.70. The van der Waals surface area contributed by atoms with Crippen LogP contribution in [0.2, 0.25) is 5.02 Å². The van der Waals surface area contributed by atoms with Gasteiger partial charge in [-0.15, -0.1) is 0 Å². The van der Waals surface area contributed by atoms with Crippen LogP contribution in [0.1, 0.15) is 25.0 Å². The molecule has 34 heavy (non-hydrogen) atoms. The first-order chi connectivity index (χ1) is 16.4. The molecule has 0 aliphatic heterocycles. The Labute approximate surface area is 203 Å². The number of carbonyl (C=O) groups excluding carboxylic acids is 1. The molecular weight excluding hydrogens is 450 g/mol. The highest BCUT2D eigenvalue weighted by Crippen LogP contribution is 2.38. The number of nitrogens with one attached hydrogen (secondary N) is 1. The molecule has 0 unspecified atom stereocenters. The summed E-state index contributed by atoms with van der Waals surface area (Å²) in [7, 11) is 1.64. The fourth-order valence-electron chi connectivity index (χ4n) is 3.80. The third kappa shape index (κ3) is 4.95. The van der Waals surface area contributed by atoms with Gasteiger partial charge in [-0.25, -0.2) is 0 Å². The number of amides is 1. The number of ether oxygens (including phenoxy) is 2. The molecule has 0 atom stereocenters. The van der Waals surface area contributed by atoms with Gasteiger partial charge in [-0.2, -0.15) is 0 Å². The van der Waals surface area contributed by atoms with E-state index in [0.29, 0.717) is 28.6 Å². The number of carbonyl (C=O) groups is 1. The number of halogens is 1. The number of hydrogen-bond acceptors (Lipinski definition) is 4. The van der Waals surface area contributed by atoms with Crippen molar-refractivity contribution in [2.24, 2.45) is 0 Å². The molecule has 6 heteroatoms. The highest BCUT2D eigenvalue weighted by atomic mass is 35.5. The molecule has 4 rings (SSSR count). The second-order valence-corrected chi connectivity index (χ2v) is 8.37. The first-order valence-electron chi connectivity index (χ1n) is 11.0. The monoisotopic (exact) mass is 475 g/mol. The zero-order valence-corrected chi connectivity index (χ0v) is 20.3. The van der Waals surface area contributed by atoms with Gasteiger partial charge in [0, 0.05) is 39.4 Å². The van der Waals surface area contributed by atoms with Crippen LogP contribution in [0.15, 0.2) is 71.4 Å². The minimum absolute atomic E-state index is 0.243. The van der Waals surface area contributed by atoms with Gasteiger partial charge in [0.2, 0.25) is 5.91 Å². The summed E-state index contributed by atoms with van der Waals surface area (Å²) in [6.07, 6.45) is 3.30. The minimum Gasteiger partial charge on any atom is -0.497 e. The van der Waals surface area contributed by atoms with Gasteiger partial charge in [-0.3, -0.25) is 4.79 Å². The number of fused-ring (bicyclic) bond motifs is 1. The zero-order valence-electron chi connectivity index (χ0n) is 19.6. The van der Waals surface area contributed by atoms with Gasteiger partial charge in [0.1, 0.15) is 17.1 Å². The Balaban J connectivity index is 1.72. The smallest absolute Gasteiger partial charge is 0.248 e. The highest BCUT2D eigenvalue weighted by Gasteiger charge is 2.16. The van der Waals surface area contributed by atoms with Gasteiger partial charge in [-0.05, 0) is 67.8 Å². The van der Waals surface area contributed by atoms with Crippen LogP contribution in [0.4, 0.5) is 5.69 Å². The lowest BCUT2D eigenvalue weighted by molar-refractivity contribution is -0.111. The summed E-state index contributed by atoms with van der Waals surface area (Å²) in [5.74, 6) is 1.20. The van der Waals surface area contributed by atoms with Crippen LogP contribution in [0, 0.1) is 6.92 Å². The second kappa shape index (κ2) is 10.1. The van der Waals surface area contributed by atoms with Crippen molar-refractivity contribution < 1.29 is 18.7 Å². The molecule has 1 amide bonds. The quantitative estimate of drug-likeness (QED) is 0.281. The first kappa shape index (κ1) is 23.5. The molecule has 4 aromatic rings. The van der Waals surface area contributed by atoms with Crippen LogP contribution in [-0.4, -0.2) is 19.6 Å². The van der Waals surface area contributed by atoms with Crippen molar-refractivity contribution in [1.29, 1.82) is 0 Å². The zero-order chi connectivity index (χ0) is 24.2. The van der Waals surface area contributed by atoms with E-state index >= 15 is 0 Å². The lowest BCUT2D eigenvalue weighted by atomic mass is 9.99. The highest BCUT2D eigenvalue weighted by molar-refractivity contribution is 6.31. The van der Waals surface area contributed by atoms with Crippen LogP contribution >= 0.6 is 11.6 Å². The van der Waals surface area contributed by atoms with Gasteiger partial charge < -0.3 is 19.2 Å². The molecule has 0 spiro atoms. The van der Waals surface area contributed by atoms with Crippen LogP contribution in [-0.2, 0) is 4.79 Å². The average molecular weight is 476 g/mol. The molecule has 1 N–H and O–H groups in total. The number of furan rings is 1. The van der Waals surface area contributed by atoms with Crippen molar-refractivity contribution in [3.05, 3.63) is 83.1 Å². The predicted molar refractivity (Wildman–Crippen MR) is 138 cm³/mol. The maximum atomic E-state index is 12.8. The number of methoxy groups -OCH3 is 1. The van der Waals surface area contributed by atoms with E-state index in [1.54, 1.807) is 31.6 Å². The predicted octanol–water partition coefficient (Wildman–Crippen LogP) is 7.51. The maximum absolute atomic E-state index is 12.8. The minimum atomic E-state index is -0.243. The van der Waals surface area contributed by atoms with E-state index in [0.717, 1.165) is 39.0 Å². The lowest BCUT2D eigenvalue weighted by Crippen LogP contribution is -2.10. The standard InChI is InChI=1S/C28H26ClNO4/c1-5-33-26-15-27-23(24(16-34-27)19-7-10-21(32-4)11-8-19)14-22(26)18(3)12-28(31)30-25-13-20(29)9-6-17(25)2/h6-16H,5H2,1-4H3,(H,30,31)/b18-12+. The van der Waals surface area contributed by atoms with Crippen LogP contribution in [0.25, 0.3) is 27.7 Å². The van der Waals surface area contributed by atoms with Crippen molar-refractivity contribution in [1.82, 2.24) is 0 Å². The fraction of sp³-hybridized carbons (Fsp3) is 0.179. The van der Waals surface area contributed by atoms with Gasteiger partial charge in [0.25, 0.3) is 0 Å². The van der Waals surface area contributed by atoms with Crippen molar-refractivity contribution in [2.45, 2.75) is 20.8 Å². The third-order valence-electron chi connectivity index (χ3n) is 5.61. The molecule has 174 valence electrons. The fourth-order valence-corrected chi connectivity index (χ4v) is 3.98. The molecule has 1 heterocycles. The number of aryl methyl sites for hydroxylation is 1. The Morgan fingerprint density at radius 2 is 1.88 bits per heavy atom. The normalized spacial score (nSPS) is 11.5. The van der Waals surface area contributed by atoms with Gasteiger partial charge in [-0.1, -0.05) is 29.8 Å². The van der Waals surface area contributed by atoms with E-state index in [9.17, 15) is 4.79 Å². The molecule has 0 radical (unpaired) electrons. The summed E-state index contributed by atoms with van der Waals surface area (Å²) in [5.41, 5.74) is 5.87. The number of benzene rings is 3. The number of anilines is 1. The van der Waals surface area contributed by atoms with E-state index < -0.39 is 0 Å². The number of hydrogen-bond donors (Lipinski definition) is 1. The van der Waals surface area contributed by atoms with Crippen molar-refractivity contribution >= 4 is 39.7 Å². The molecule has 3 aromatic carbocycles. The average Bonchev–Trinajstić information content (AvgIpc) is 3.24. The van der Waals surface area contributed by atoms with E-state index in [1.807, 2.05) is 63.2 Å². The molecule has 5 nitrogen and oxygen atoms in total. The lowest BCUT2D eigenvalue weighted by Gasteiger charge is -2.12.